The van der Waals surface area contributed by atoms with Gasteiger partial charge in [-0.3, -0.25) is 24.1 Å². The second kappa shape index (κ2) is 11.3. The number of nitrogens with zero attached hydrogens (tertiary/aromatic N) is 1. The fourth-order valence-corrected chi connectivity index (χ4v) is 4.39. The van der Waals surface area contributed by atoms with Gasteiger partial charge in [0.25, 0.3) is 17.1 Å². The van der Waals surface area contributed by atoms with Crippen LogP contribution in [0.2, 0.25) is 0 Å². The SMILES string of the molecule is CCOC(=O)CN1C(=O)S/C(=C/c2ccc(OCC(=O)Nc3cc(C)c(C)cc3Br)cc2)C1=O. The summed E-state index contributed by atoms with van der Waals surface area (Å²) in [6, 6.07) is 10.6. The number of carbonyl (C=O) groups excluding carboxylic acids is 4. The molecular weight excluding hydrogens is 524 g/mol. The van der Waals surface area contributed by atoms with E-state index < -0.39 is 23.7 Å². The van der Waals surface area contributed by atoms with Crippen LogP contribution in [0.5, 0.6) is 5.75 Å². The van der Waals surface area contributed by atoms with Crippen molar-refractivity contribution in [2.24, 2.45) is 0 Å². The van der Waals surface area contributed by atoms with Crippen LogP contribution < -0.4 is 10.1 Å². The van der Waals surface area contributed by atoms with E-state index in [-0.39, 0.29) is 24.0 Å². The molecule has 0 saturated carbocycles. The monoisotopic (exact) mass is 546 g/mol. The predicted octanol–water partition coefficient (Wildman–Crippen LogP) is 4.68. The van der Waals surface area contributed by atoms with Crippen molar-refractivity contribution in [2.45, 2.75) is 20.8 Å². The van der Waals surface area contributed by atoms with Crippen LogP contribution in [0.3, 0.4) is 0 Å². The number of rotatable bonds is 8. The highest BCUT2D eigenvalue weighted by atomic mass is 79.9. The number of thioether (sulfide) groups is 1. The average Bonchev–Trinajstić information content (AvgIpc) is 3.04. The number of hydrogen-bond acceptors (Lipinski definition) is 7. The number of hydrogen-bond donors (Lipinski definition) is 1. The number of imide groups is 1. The number of halogens is 1. The maximum absolute atomic E-state index is 12.5. The molecule has 1 N–H and O–H groups in total. The summed E-state index contributed by atoms with van der Waals surface area (Å²) >= 11 is 4.21. The average molecular weight is 547 g/mol. The van der Waals surface area contributed by atoms with Crippen LogP contribution in [0, 0.1) is 13.8 Å². The van der Waals surface area contributed by atoms with Gasteiger partial charge < -0.3 is 14.8 Å². The van der Waals surface area contributed by atoms with Gasteiger partial charge in [-0.1, -0.05) is 12.1 Å². The summed E-state index contributed by atoms with van der Waals surface area (Å²) in [7, 11) is 0. The minimum absolute atomic E-state index is 0.171. The van der Waals surface area contributed by atoms with Gasteiger partial charge in [-0.05, 0) is 95.5 Å². The first-order valence-corrected chi connectivity index (χ1v) is 12.0. The molecule has 178 valence electrons. The van der Waals surface area contributed by atoms with Gasteiger partial charge in [0.2, 0.25) is 0 Å². The summed E-state index contributed by atoms with van der Waals surface area (Å²) in [5, 5.41) is 2.29. The van der Waals surface area contributed by atoms with Crippen molar-refractivity contribution in [2.75, 3.05) is 25.1 Å². The van der Waals surface area contributed by atoms with E-state index in [4.69, 9.17) is 9.47 Å². The topological polar surface area (TPSA) is 102 Å². The number of esters is 1. The van der Waals surface area contributed by atoms with Crippen LogP contribution in [0.15, 0.2) is 45.8 Å². The molecule has 3 amide bonds. The van der Waals surface area contributed by atoms with Gasteiger partial charge >= 0.3 is 5.97 Å². The molecule has 8 nitrogen and oxygen atoms in total. The first kappa shape index (κ1) is 25.5. The van der Waals surface area contributed by atoms with Crippen LogP contribution in [-0.4, -0.2) is 47.7 Å². The Hall–Kier alpha value is -3.11. The third kappa shape index (κ3) is 6.48. The van der Waals surface area contributed by atoms with E-state index in [0.717, 1.165) is 32.3 Å². The van der Waals surface area contributed by atoms with Crippen molar-refractivity contribution in [3.05, 3.63) is 62.5 Å². The molecule has 1 heterocycles. The molecule has 0 aliphatic carbocycles. The predicted molar refractivity (Wildman–Crippen MR) is 133 cm³/mol. The number of amides is 3. The van der Waals surface area contributed by atoms with Gasteiger partial charge in [-0.15, -0.1) is 0 Å². The zero-order valence-corrected chi connectivity index (χ0v) is 21.2. The fourth-order valence-electron chi connectivity index (χ4n) is 3.00. The second-order valence-electron chi connectivity index (χ2n) is 7.40. The van der Waals surface area contributed by atoms with Gasteiger partial charge in [0.05, 0.1) is 17.2 Å². The lowest BCUT2D eigenvalue weighted by Gasteiger charge is -2.11. The first-order valence-electron chi connectivity index (χ1n) is 10.4. The molecular formula is C24H23BrN2O6S. The van der Waals surface area contributed by atoms with Crippen LogP contribution in [0.25, 0.3) is 6.08 Å². The molecule has 10 heteroatoms. The Morgan fingerprint density at radius 1 is 1.12 bits per heavy atom. The summed E-state index contributed by atoms with van der Waals surface area (Å²) in [6.45, 7) is 5.19. The summed E-state index contributed by atoms with van der Waals surface area (Å²) in [5.74, 6) is -1.01. The number of anilines is 1. The van der Waals surface area contributed by atoms with Crippen molar-refractivity contribution < 1.29 is 28.7 Å². The van der Waals surface area contributed by atoms with E-state index in [9.17, 15) is 19.2 Å². The fraction of sp³-hybridized carbons (Fsp3) is 0.250. The molecule has 0 radical (unpaired) electrons. The van der Waals surface area contributed by atoms with E-state index in [1.165, 1.54) is 0 Å². The zero-order valence-electron chi connectivity index (χ0n) is 18.8. The number of nitrogens with one attached hydrogen (secondary N) is 1. The van der Waals surface area contributed by atoms with E-state index in [1.807, 2.05) is 26.0 Å². The van der Waals surface area contributed by atoms with E-state index in [0.29, 0.717) is 17.0 Å². The maximum atomic E-state index is 12.5. The highest BCUT2D eigenvalue weighted by molar-refractivity contribution is 9.10. The number of carbonyl (C=O) groups is 4. The van der Waals surface area contributed by atoms with Crippen molar-refractivity contribution in [3.63, 3.8) is 0 Å². The molecule has 0 atom stereocenters. The smallest absolute Gasteiger partial charge is 0.326 e. The third-order valence-corrected chi connectivity index (χ3v) is 6.43. The highest BCUT2D eigenvalue weighted by Crippen LogP contribution is 2.32. The van der Waals surface area contributed by atoms with Crippen molar-refractivity contribution in [1.29, 1.82) is 0 Å². The molecule has 1 saturated heterocycles. The summed E-state index contributed by atoms with van der Waals surface area (Å²) < 4.78 is 11.1. The van der Waals surface area contributed by atoms with Gasteiger partial charge in [-0.2, -0.15) is 0 Å². The lowest BCUT2D eigenvalue weighted by atomic mass is 10.1. The second-order valence-corrected chi connectivity index (χ2v) is 9.24. The molecule has 3 rings (SSSR count). The maximum Gasteiger partial charge on any atom is 0.326 e. The van der Waals surface area contributed by atoms with Crippen LogP contribution in [-0.2, 0) is 19.1 Å². The Balaban J connectivity index is 1.57. The van der Waals surface area contributed by atoms with Gasteiger partial charge in [0.15, 0.2) is 6.61 Å². The summed E-state index contributed by atoms with van der Waals surface area (Å²) in [6.07, 6.45) is 1.56. The van der Waals surface area contributed by atoms with Crippen molar-refractivity contribution in [1.82, 2.24) is 4.90 Å². The van der Waals surface area contributed by atoms with E-state index in [1.54, 1.807) is 37.3 Å². The Bertz CT molecular complexity index is 1160. The van der Waals surface area contributed by atoms with Crippen molar-refractivity contribution in [3.8, 4) is 5.75 Å². The lowest BCUT2D eigenvalue weighted by Crippen LogP contribution is -2.34. The Morgan fingerprint density at radius 3 is 2.47 bits per heavy atom. The number of ether oxygens (including phenoxy) is 2. The molecule has 0 spiro atoms. The van der Waals surface area contributed by atoms with Gasteiger partial charge in [-0.25, -0.2) is 0 Å². The molecule has 0 unspecified atom stereocenters. The van der Waals surface area contributed by atoms with E-state index in [2.05, 4.69) is 21.2 Å². The van der Waals surface area contributed by atoms with Crippen molar-refractivity contribution >= 4 is 62.5 Å². The normalized spacial score (nSPS) is 14.5. The molecule has 2 aromatic carbocycles. The Kier molecular flexibility index (Phi) is 8.51. The molecule has 1 aliphatic heterocycles. The van der Waals surface area contributed by atoms with E-state index >= 15 is 0 Å². The van der Waals surface area contributed by atoms with Gasteiger partial charge in [0, 0.05) is 4.47 Å². The molecule has 2 aromatic rings. The number of benzene rings is 2. The summed E-state index contributed by atoms with van der Waals surface area (Å²) in [5.41, 5.74) is 3.51. The number of aryl methyl sites for hydroxylation is 2. The van der Waals surface area contributed by atoms with Crippen LogP contribution in [0.1, 0.15) is 23.6 Å². The molecule has 1 aliphatic rings. The highest BCUT2D eigenvalue weighted by Gasteiger charge is 2.36. The quantitative estimate of drug-likeness (QED) is 0.378. The minimum atomic E-state index is -0.638. The third-order valence-electron chi connectivity index (χ3n) is 4.87. The standard InChI is InChI=1S/C24H23BrN2O6S/c1-4-32-22(29)12-27-23(30)20(34-24(27)31)11-16-5-7-17(8-6-16)33-13-21(28)26-19-10-15(3)14(2)9-18(19)25/h5-11H,4,12-13H2,1-3H3,(H,26,28)/b20-11+. The Morgan fingerprint density at radius 2 is 1.79 bits per heavy atom. The summed E-state index contributed by atoms with van der Waals surface area (Å²) in [4.78, 5) is 49.5. The first-order chi connectivity index (χ1) is 16.2. The molecule has 0 aromatic heterocycles. The van der Waals surface area contributed by atoms with Gasteiger partial charge in [0.1, 0.15) is 12.3 Å². The Labute approximate surface area is 209 Å². The largest absolute Gasteiger partial charge is 0.484 e. The minimum Gasteiger partial charge on any atom is -0.484 e. The zero-order chi connectivity index (χ0) is 24.8. The molecule has 0 bridgehead atoms. The lowest BCUT2D eigenvalue weighted by molar-refractivity contribution is -0.146. The van der Waals surface area contributed by atoms with Crippen LogP contribution >= 0.6 is 27.7 Å². The molecule has 1 fully saturated rings. The molecule has 34 heavy (non-hydrogen) atoms. The van der Waals surface area contributed by atoms with Crippen LogP contribution in [0.4, 0.5) is 10.5 Å².